The molecule has 1 aliphatic rings. The number of hydrogen-bond acceptors (Lipinski definition) is 6. The molecule has 6 nitrogen and oxygen atoms in total. The second-order valence-corrected chi connectivity index (χ2v) is 9.48. The van der Waals surface area contributed by atoms with E-state index in [0.717, 1.165) is 24.0 Å². The molecule has 140 valence electrons. The Hall–Kier alpha value is -1.25. The van der Waals surface area contributed by atoms with E-state index >= 15 is 0 Å². The van der Waals surface area contributed by atoms with Crippen molar-refractivity contribution in [1.29, 1.82) is 0 Å². The number of rotatable bonds is 9. The molecule has 0 unspecified atom stereocenters. The molecule has 0 aromatic carbocycles. The number of carbonyl (C=O) groups is 2. The Morgan fingerprint density at radius 3 is 2.64 bits per heavy atom. The number of thiophene rings is 1. The Bertz CT molecular complexity index is 690. The Morgan fingerprint density at radius 1 is 1.24 bits per heavy atom. The van der Waals surface area contributed by atoms with Crippen LogP contribution in [0.3, 0.4) is 0 Å². The van der Waals surface area contributed by atoms with Gasteiger partial charge in [0.25, 0.3) is 0 Å². The van der Waals surface area contributed by atoms with Crippen LogP contribution in [0.1, 0.15) is 53.1 Å². The summed E-state index contributed by atoms with van der Waals surface area (Å²) in [5.74, 6) is -0.120. The van der Waals surface area contributed by atoms with Gasteiger partial charge < -0.3 is 4.74 Å². The fraction of sp³-hybridized carbons (Fsp3) is 0.647. The largest absolute Gasteiger partial charge is 0.457 e. The van der Waals surface area contributed by atoms with Gasteiger partial charge in [-0.25, -0.2) is 13.1 Å². The van der Waals surface area contributed by atoms with E-state index in [1.807, 2.05) is 0 Å². The third kappa shape index (κ3) is 7.66. The molecule has 8 heteroatoms. The van der Waals surface area contributed by atoms with Crippen molar-refractivity contribution in [2.45, 2.75) is 44.9 Å². The molecule has 0 bridgehead atoms. The Morgan fingerprint density at radius 2 is 1.96 bits per heavy atom. The highest BCUT2D eigenvalue weighted by Gasteiger charge is 2.19. The molecule has 1 aromatic rings. The molecule has 0 radical (unpaired) electrons. The molecule has 1 heterocycles. The number of esters is 1. The molecule has 25 heavy (non-hydrogen) atoms. The molecule has 0 aliphatic heterocycles. The van der Waals surface area contributed by atoms with Crippen LogP contribution >= 0.6 is 11.3 Å². The normalized spacial score (nSPS) is 15.9. The summed E-state index contributed by atoms with van der Waals surface area (Å²) in [6, 6.07) is 3.49. The van der Waals surface area contributed by atoms with E-state index < -0.39 is 10.0 Å². The average Bonchev–Trinajstić information content (AvgIpc) is 3.01. The number of ketones is 1. The molecule has 1 aliphatic carbocycles. The van der Waals surface area contributed by atoms with Gasteiger partial charge in [0.05, 0.1) is 11.1 Å². The van der Waals surface area contributed by atoms with E-state index in [2.05, 4.69) is 4.72 Å². The lowest BCUT2D eigenvalue weighted by Crippen LogP contribution is -2.24. The number of sulfonamides is 1. The van der Waals surface area contributed by atoms with Crippen molar-refractivity contribution >= 4 is 33.1 Å². The lowest BCUT2D eigenvalue weighted by atomic mass is 9.87. The number of carbonyl (C=O) groups excluding carboxylic acids is 2. The zero-order valence-corrected chi connectivity index (χ0v) is 16.1. The van der Waals surface area contributed by atoms with Gasteiger partial charge in [0.15, 0.2) is 6.61 Å². The van der Waals surface area contributed by atoms with Gasteiger partial charge in [0, 0.05) is 17.8 Å². The van der Waals surface area contributed by atoms with Crippen LogP contribution in [-0.4, -0.2) is 39.6 Å². The molecule has 0 saturated heterocycles. The monoisotopic (exact) mass is 387 g/mol. The second kappa shape index (κ2) is 9.45. The molecule has 1 fully saturated rings. The molecule has 1 N–H and O–H groups in total. The molecular formula is C17H25NO5S2. The summed E-state index contributed by atoms with van der Waals surface area (Å²) in [6.07, 6.45) is 7.75. The predicted octanol–water partition coefficient (Wildman–Crippen LogP) is 2.54. The van der Waals surface area contributed by atoms with Crippen LogP contribution in [0.5, 0.6) is 0 Å². The zero-order chi connectivity index (χ0) is 18.3. The van der Waals surface area contributed by atoms with Crippen molar-refractivity contribution in [3.8, 4) is 0 Å². The SMILES string of the molecule is CS(=O)(=O)NCCc1ccc(C(=O)COC(=O)CC2CCCCC2)s1. The maximum Gasteiger partial charge on any atom is 0.306 e. The van der Waals surface area contributed by atoms with E-state index in [1.165, 1.54) is 30.6 Å². The first kappa shape index (κ1) is 20.1. The number of ether oxygens (including phenoxy) is 1. The first-order valence-electron chi connectivity index (χ1n) is 8.55. The Kier molecular flexibility index (Phi) is 7.58. The van der Waals surface area contributed by atoms with Crippen LogP contribution < -0.4 is 4.72 Å². The van der Waals surface area contributed by atoms with Crippen LogP contribution in [0.2, 0.25) is 0 Å². The minimum absolute atomic E-state index is 0.218. The van der Waals surface area contributed by atoms with Gasteiger partial charge in [-0.2, -0.15) is 0 Å². The molecule has 0 atom stereocenters. The van der Waals surface area contributed by atoms with Crippen LogP contribution in [0.25, 0.3) is 0 Å². The summed E-state index contributed by atoms with van der Waals surface area (Å²) < 4.78 is 29.6. The van der Waals surface area contributed by atoms with Gasteiger partial charge in [0.2, 0.25) is 15.8 Å². The summed E-state index contributed by atoms with van der Waals surface area (Å²) in [6.45, 7) is 0.0659. The third-order valence-corrected chi connectivity index (χ3v) is 6.13. The Labute approximate surface area is 153 Å². The van der Waals surface area contributed by atoms with Crippen LogP contribution in [-0.2, 0) is 26.0 Å². The van der Waals surface area contributed by atoms with Crippen molar-refractivity contribution < 1.29 is 22.7 Å². The predicted molar refractivity (Wildman–Crippen MR) is 97.4 cm³/mol. The highest BCUT2D eigenvalue weighted by atomic mass is 32.2. The molecule has 1 saturated carbocycles. The molecular weight excluding hydrogens is 362 g/mol. The van der Waals surface area contributed by atoms with E-state index in [9.17, 15) is 18.0 Å². The second-order valence-electron chi connectivity index (χ2n) is 6.47. The van der Waals surface area contributed by atoms with Crippen LogP contribution in [0, 0.1) is 5.92 Å². The lowest BCUT2D eigenvalue weighted by molar-refractivity contribution is -0.143. The summed E-state index contributed by atoms with van der Waals surface area (Å²) >= 11 is 1.30. The maximum atomic E-state index is 12.1. The van der Waals surface area contributed by atoms with Crippen molar-refractivity contribution in [3.05, 3.63) is 21.9 Å². The number of nitrogens with one attached hydrogen (secondary N) is 1. The van der Waals surface area contributed by atoms with Gasteiger partial charge in [0.1, 0.15) is 0 Å². The molecule has 0 amide bonds. The van der Waals surface area contributed by atoms with E-state index in [-0.39, 0.29) is 18.4 Å². The molecule has 1 aromatic heterocycles. The van der Waals surface area contributed by atoms with Gasteiger partial charge in [-0.3, -0.25) is 9.59 Å². The van der Waals surface area contributed by atoms with E-state index in [4.69, 9.17) is 4.74 Å². The van der Waals surface area contributed by atoms with Gasteiger partial charge in [-0.15, -0.1) is 11.3 Å². The molecule has 0 spiro atoms. The van der Waals surface area contributed by atoms with Gasteiger partial charge >= 0.3 is 5.97 Å². The average molecular weight is 388 g/mol. The fourth-order valence-electron chi connectivity index (χ4n) is 2.92. The Balaban J connectivity index is 1.72. The summed E-state index contributed by atoms with van der Waals surface area (Å²) in [4.78, 5) is 25.4. The smallest absolute Gasteiger partial charge is 0.306 e. The minimum Gasteiger partial charge on any atom is -0.457 e. The summed E-state index contributed by atoms with van der Waals surface area (Å²) in [7, 11) is -3.20. The number of hydrogen-bond donors (Lipinski definition) is 1. The maximum absolute atomic E-state index is 12.1. The topological polar surface area (TPSA) is 89.5 Å². The lowest BCUT2D eigenvalue weighted by Gasteiger charge is -2.20. The van der Waals surface area contributed by atoms with E-state index in [0.29, 0.717) is 30.2 Å². The standard InChI is InChI=1S/C17H25NO5S2/c1-25(21,22)18-10-9-14-7-8-16(24-14)15(19)12-23-17(20)11-13-5-3-2-4-6-13/h7-8,13,18H,2-6,9-12H2,1H3. The highest BCUT2D eigenvalue weighted by Crippen LogP contribution is 2.26. The van der Waals surface area contributed by atoms with Gasteiger partial charge in [-0.1, -0.05) is 19.3 Å². The summed E-state index contributed by atoms with van der Waals surface area (Å²) in [5, 5.41) is 0. The van der Waals surface area contributed by atoms with Crippen molar-refractivity contribution in [2.75, 3.05) is 19.4 Å². The van der Waals surface area contributed by atoms with Crippen LogP contribution in [0.15, 0.2) is 12.1 Å². The zero-order valence-electron chi connectivity index (χ0n) is 14.5. The highest BCUT2D eigenvalue weighted by molar-refractivity contribution is 7.88. The number of Topliss-reactive ketones (excluding diaryl/α,β-unsaturated/α-hetero) is 1. The third-order valence-electron chi connectivity index (χ3n) is 4.22. The van der Waals surface area contributed by atoms with Crippen molar-refractivity contribution in [3.63, 3.8) is 0 Å². The van der Waals surface area contributed by atoms with Crippen LogP contribution in [0.4, 0.5) is 0 Å². The van der Waals surface area contributed by atoms with Crippen molar-refractivity contribution in [2.24, 2.45) is 5.92 Å². The quantitative estimate of drug-likeness (QED) is 0.519. The van der Waals surface area contributed by atoms with Gasteiger partial charge in [-0.05, 0) is 37.3 Å². The first-order valence-corrected chi connectivity index (χ1v) is 11.3. The first-order chi connectivity index (χ1) is 11.8. The fourth-order valence-corrected chi connectivity index (χ4v) is 4.33. The summed E-state index contributed by atoms with van der Waals surface area (Å²) in [5.41, 5.74) is 0. The molecule has 2 rings (SSSR count). The minimum atomic E-state index is -3.20. The van der Waals surface area contributed by atoms with E-state index in [1.54, 1.807) is 12.1 Å². The van der Waals surface area contributed by atoms with Crippen molar-refractivity contribution in [1.82, 2.24) is 4.72 Å².